The Bertz CT molecular complexity index is 938. The zero-order valence-electron chi connectivity index (χ0n) is 13.5. The molecule has 9 heteroatoms. The summed E-state index contributed by atoms with van der Waals surface area (Å²) in [6.45, 7) is 1.24. The van der Waals surface area contributed by atoms with Gasteiger partial charge in [0.15, 0.2) is 5.70 Å². The normalized spacial score (nSPS) is 11.5. The summed E-state index contributed by atoms with van der Waals surface area (Å²) < 4.78 is 0. The molecule has 0 bridgehead atoms. The molecule has 0 radical (unpaired) electrons. The van der Waals surface area contributed by atoms with Crippen LogP contribution in [0.25, 0.3) is 0 Å². The van der Waals surface area contributed by atoms with Gasteiger partial charge in [0.05, 0.1) is 11.1 Å². The first-order valence-electron chi connectivity index (χ1n) is 7.23. The highest BCUT2D eigenvalue weighted by atomic mass is 16.4. The van der Waals surface area contributed by atoms with Gasteiger partial charge in [0.2, 0.25) is 0 Å². The summed E-state index contributed by atoms with van der Waals surface area (Å²) >= 11 is 0. The molecule has 26 heavy (non-hydrogen) atoms. The van der Waals surface area contributed by atoms with E-state index in [1.54, 1.807) is 6.07 Å². The van der Waals surface area contributed by atoms with E-state index in [1.165, 1.54) is 43.5 Å². The summed E-state index contributed by atoms with van der Waals surface area (Å²) in [5.41, 5.74) is -0.151. The Labute approximate surface area is 148 Å². The average molecular weight is 351 g/mol. The van der Waals surface area contributed by atoms with E-state index in [0.717, 1.165) is 0 Å². The van der Waals surface area contributed by atoms with Crippen molar-refractivity contribution < 1.29 is 19.8 Å². The molecule has 0 aliphatic carbocycles. The molecule has 0 aliphatic rings. The molecule has 9 nitrogen and oxygen atoms in total. The van der Waals surface area contributed by atoms with Gasteiger partial charge >= 0.3 is 5.97 Å². The molecule has 1 aromatic carbocycles. The summed E-state index contributed by atoms with van der Waals surface area (Å²) in [5.74, 6) is -2.25. The van der Waals surface area contributed by atoms with Crippen molar-refractivity contribution in [2.75, 3.05) is 5.32 Å². The number of nitriles is 1. The zero-order valence-corrected chi connectivity index (χ0v) is 13.5. The fraction of sp³-hybridized carbons (Fsp3) is 0.0588. The Hall–Kier alpha value is -4.06. The van der Waals surface area contributed by atoms with Crippen LogP contribution in [0.2, 0.25) is 0 Å². The van der Waals surface area contributed by atoms with Crippen molar-refractivity contribution >= 4 is 23.4 Å². The number of carboxylic acids is 1. The number of allylic oxidation sites excluding steroid dienone is 1. The Kier molecular flexibility index (Phi) is 5.74. The fourth-order valence-corrected chi connectivity index (χ4v) is 1.84. The number of carboxylic acid groups (broad SMARTS) is 1. The van der Waals surface area contributed by atoms with Gasteiger partial charge in [0.25, 0.3) is 5.91 Å². The second-order valence-electron chi connectivity index (χ2n) is 4.95. The third-order valence-corrected chi connectivity index (χ3v) is 3.08. The lowest BCUT2D eigenvalue weighted by molar-refractivity contribution is -0.113. The van der Waals surface area contributed by atoms with E-state index in [2.05, 4.69) is 20.5 Å². The average Bonchev–Trinajstić information content (AvgIpc) is 2.62. The predicted molar refractivity (Wildman–Crippen MR) is 90.8 cm³/mol. The molecule has 0 saturated carbocycles. The van der Waals surface area contributed by atoms with E-state index in [-0.39, 0.29) is 17.1 Å². The molecular weight excluding hydrogens is 338 g/mol. The topological polar surface area (TPSA) is 148 Å². The van der Waals surface area contributed by atoms with Crippen molar-refractivity contribution in [3.63, 3.8) is 0 Å². The molecule has 0 fully saturated rings. The standard InChI is InChI=1S/C17H13N5O4/c1-10(23)15(16(24)20-14-7-6-11(8-18)9-19-14)22-21-13-5-3-2-4-12(13)17(25)26/h2-7,9,23H,1H3,(H,25,26)(H,19,20,24). The Morgan fingerprint density at radius 2 is 1.92 bits per heavy atom. The van der Waals surface area contributed by atoms with Gasteiger partial charge in [0, 0.05) is 6.20 Å². The SMILES string of the molecule is CC(O)=C(N=Nc1ccccc1C(=O)O)C(=O)Nc1ccc(C#N)cn1. The number of azo groups is 1. The summed E-state index contributed by atoms with van der Waals surface area (Å²) in [6, 6.07) is 10.6. The van der Waals surface area contributed by atoms with Crippen LogP contribution in [-0.2, 0) is 4.79 Å². The summed E-state index contributed by atoms with van der Waals surface area (Å²) in [5, 5.41) is 37.3. The van der Waals surface area contributed by atoms with Gasteiger partial charge in [-0.25, -0.2) is 9.78 Å². The molecule has 130 valence electrons. The maximum atomic E-state index is 12.2. The van der Waals surface area contributed by atoms with Gasteiger partial charge in [-0.2, -0.15) is 5.26 Å². The Morgan fingerprint density at radius 1 is 1.19 bits per heavy atom. The van der Waals surface area contributed by atoms with E-state index in [9.17, 15) is 14.7 Å². The number of carbonyl (C=O) groups is 2. The number of hydrogen-bond acceptors (Lipinski definition) is 7. The molecule has 3 N–H and O–H groups in total. The van der Waals surface area contributed by atoms with Gasteiger partial charge in [-0.05, 0) is 31.2 Å². The Balaban J connectivity index is 2.24. The number of nitrogens with zero attached hydrogens (tertiary/aromatic N) is 4. The maximum absolute atomic E-state index is 12.2. The molecule has 2 aromatic rings. The minimum atomic E-state index is -1.20. The predicted octanol–water partition coefficient (Wildman–Crippen LogP) is 3.16. The molecule has 0 saturated heterocycles. The van der Waals surface area contributed by atoms with Gasteiger partial charge in [0.1, 0.15) is 23.3 Å². The van der Waals surface area contributed by atoms with Crippen molar-refractivity contribution in [2.24, 2.45) is 10.2 Å². The van der Waals surface area contributed by atoms with Crippen LogP contribution >= 0.6 is 0 Å². The van der Waals surface area contributed by atoms with Gasteiger partial charge < -0.3 is 15.5 Å². The quantitative estimate of drug-likeness (QED) is 0.428. The molecule has 2 rings (SSSR count). The number of benzene rings is 1. The lowest BCUT2D eigenvalue weighted by Gasteiger charge is -2.05. The molecule has 0 aliphatic heterocycles. The highest BCUT2D eigenvalue weighted by molar-refractivity contribution is 6.03. The highest BCUT2D eigenvalue weighted by Crippen LogP contribution is 2.21. The number of carbonyl (C=O) groups excluding carboxylic acids is 1. The number of rotatable bonds is 5. The van der Waals surface area contributed by atoms with Crippen LogP contribution in [0.1, 0.15) is 22.8 Å². The van der Waals surface area contributed by atoms with Gasteiger partial charge in [-0.3, -0.25) is 4.79 Å². The molecule has 0 spiro atoms. The number of nitrogens with one attached hydrogen (secondary N) is 1. The number of aliphatic hydroxyl groups excluding tert-OH is 1. The summed E-state index contributed by atoms with van der Waals surface area (Å²) in [6.07, 6.45) is 1.27. The van der Waals surface area contributed by atoms with Crippen molar-refractivity contribution in [1.82, 2.24) is 4.98 Å². The van der Waals surface area contributed by atoms with Crippen LogP contribution in [-0.4, -0.2) is 27.1 Å². The van der Waals surface area contributed by atoms with Crippen molar-refractivity contribution in [1.29, 1.82) is 5.26 Å². The minimum absolute atomic E-state index is 0.0306. The number of hydrogen-bond donors (Lipinski definition) is 3. The smallest absolute Gasteiger partial charge is 0.337 e. The lowest BCUT2D eigenvalue weighted by atomic mass is 10.2. The van der Waals surface area contributed by atoms with Crippen LogP contribution in [0, 0.1) is 11.3 Å². The second-order valence-corrected chi connectivity index (χ2v) is 4.95. The van der Waals surface area contributed by atoms with Crippen LogP contribution in [0.5, 0.6) is 0 Å². The van der Waals surface area contributed by atoms with Crippen molar-refractivity contribution in [3.8, 4) is 6.07 Å². The minimum Gasteiger partial charge on any atom is -0.510 e. The van der Waals surface area contributed by atoms with Crippen LogP contribution in [0.3, 0.4) is 0 Å². The first-order chi connectivity index (χ1) is 12.4. The van der Waals surface area contributed by atoms with E-state index in [0.29, 0.717) is 5.56 Å². The van der Waals surface area contributed by atoms with Crippen LogP contribution in [0.15, 0.2) is 64.3 Å². The number of amides is 1. The first-order valence-corrected chi connectivity index (χ1v) is 7.23. The highest BCUT2D eigenvalue weighted by Gasteiger charge is 2.15. The van der Waals surface area contributed by atoms with Crippen LogP contribution in [0.4, 0.5) is 11.5 Å². The van der Waals surface area contributed by atoms with E-state index >= 15 is 0 Å². The van der Waals surface area contributed by atoms with Gasteiger partial charge in [-0.1, -0.05) is 12.1 Å². The van der Waals surface area contributed by atoms with E-state index in [4.69, 9.17) is 10.4 Å². The second kappa shape index (κ2) is 8.16. The molecule has 1 amide bonds. The lowest BCUT2D eigenvalue weighted by Crippen LogP contribution is -2.15. The number of aliphatic hydroxyl groups is 1. The Morgan fingerprint density at radius 3 is 2.50 bits per heavy atom. The zero-order chi connectivity index (χ0) is 19.1. The molecule has 1 aromatic heterocycles. The maximum Gasteiger partial charge on any atom is 0.337 e. The third-order valence-electron chi connectivity index (χ3n) is 3.08. The van der Waals surface area contributed by atoms with Crippen molar-refractivity contribution in [3.05, 3.63) is 65.2 Å². The molecule has 0 atom stereocenters. The number of aromatic nitrogens is 1. The van der Waals surface area contributed by atoms with Crippen molar-refractivity contribution in [2.45, 2.75) is 6.92 Å². The fourth-order valence-electron chi connectivity index (χ4n) is 1.84. The monoisotopic (exact) mass is 351 g/mol. The van der Waals surface area contributed by atoms with E-state index in [1.807, 2.05) is 6.07 Å². The first kappa shape index (κ1) is 18.3. The van der Waals surface area contributed by atoms with E-state index < -0.39 is 23.3 Å². The van der Waals surface area contributed by atoms with Crippen LogP contribution < -0.4 is 5.32 Å². The third kappa shape index (κ3) is 4.48. The number of anilines is 1. The molecule has 1 heterocycles. The summed E-state index contributed by atoms with van der Waals surface area (Å²) in [7, 11) is 0. The largest absolute Gasteiger partial charge is 0.510 e. The molecule has 0 unspecified atom stereocenters. The number of aromatic carboxylic acids is 1. The summed E-state index contributed by atoms with van der Waals surface area (Å²) in [4.78, 5) is 27.3. The molecular formula is C17H13N5O4. The number of pyridine rings is 1. The van der Waals surface area contributed by atoms with Gasteiger partial charge in [-0.15, -0.1) is 10.2 Å².